The Balaban J connectivity index is 2.92. The molecule has 0 N–H and O–H groups in total. The highest BCUT2D eigenvalue weighted by Crippen LogP contribution is 2.46. The average Bonchev–Trinajstić information content (AvgIpc) is 2.47. The molecule has 150 valence electrons. The lowest BCUT2D eigenvalue weighted by Crippen LogP contribution is -2.38. The molecule has 1 aliphatic rings. The van der Waals surface area contributed by atoms with Crippen LogP contribution in [0.1, 0.15) is 101 Å². The van der Waals surface area contributed by atoms with Crippen molar-refractivity contribution in [3.8, 4) is 0 Å². The first-order valence-corrected chi connectivity index (χ1v) is 11.6. The molecule has 1 rings (SSSR count). The Morgan fingerprint density at radius 2 is 1.32 bits per heavy atom. The summed E-state index contributed by atoms with van der Waals surface area (Å²) >= 11 is 0. The minimum absolute atomic E-state index is 0.792. The van der Waals surface area contributed by atoms with Crippen LogP contribution in [0, 0.1) is 59.2 Å². The molecule has 0 aliphatic heterocycles. The first-order valence-electron chi connectivity index (χ1n) is 11.6. The summed E-state index contributed by atoms with van der Waals surface area (Å²) in [5, 5.41) is 0. The Labute approximate surface area is 160 Å². The van der Waals surface area contributed by atoms with Crippen molar-refractivity contribution in [2.24, 2.45) is 59.2 Å². The topological polar surface area (TPSA) is 0 Å². The lowest BCUT2D eigenvalue weighted by molar-refractivity contribution is 0.0370. The van der Waals surface area contributed by atoms with Crippen LogP contribution in [0.2, 0.25) is 0 Å². The van der Waals surface area contributed by atoms with E-state index in [-0.39, 0.29) is 0 Å². The molecule has 0 aromatic heterocycles. The van der Waals surface area contributed by atoms with Gasteiger partial charge in [-0.3, -0.25) is 0 Å². The van der Waals surface area contributed by atoms with Crippen molar-refractivity contribution < 1.29 is 0 Å². The fourth-order valence-electron chi connectivity index (χ4n) is 6.18. The van der Waals surface area contributed by atoms with Crippen LogP contribution in [0.3, 0.4) is 0 Å². The molecule has 25 heavy (non-hydrogen) atoms. The molecule has 0 nitrogen and oxygen atoms in total. The first kappa shape index (κ1) is 23.0. The summed E-state index contributed by atoms with van der Waals surface area (Å²) in [6, 6.07) is 0. The Kier molecular flexibility index (Phi) is 9.55. The van der Waals surface area contributed by atoms with E-state index in [2.05, 4.69) is 69.2 Å². The van der Waals surface area contributed by atoms with Crippen LogP contribution in [0.25, 0.3) is 0 Å². The quantitative estimate of drug-likeness (QED) is 0.351. The Bertz CT molecular complexity index is 349. The van der Waals surface area contributed by atoms with Crippen molar-refractivity contribution in [2.75, 3.05) is 0 Å². The SMILES string of the molecule is CCCC(C)C(C(C)CC(C)C1CC(C)C1)C(C(C)C)C(C)C(C)C. The molecule has 1 fully saturated rings. The molecule has 6 atom stereocenters. The zero-order chi connectivity index (χ0) is 19.3. The van der Waals surface area contributed by atoms with Crippen molar-refractivity contribution in [3.63, 3.8) is 0 Å². The second-order valence-corrected chi connectivity index (χ2v) is 10.8. The number of rotatable bonds is 11. The maximum Gasteiger partial charge on any atom is -0.0329 e. The van der Waals surface area contributed by atoms with Crippen LogP contribution < -0.4 is 0 Å². The Hall–Kier alpha value is 0. The van der Waals surface area contributed by atoms with Gasteiger partial charge >= 0.3 is 0 Å². The molecular formula is C25H50. The van der Waals surface area contributed by atoms with Crippen LogP contribution in [0.5, 0.6) is 0 Å². The van der Waals surface area contributed by atoms with Gasteiger partial charge in [0.05, 0.1) is 0 Å². The minimum Gasteiger partial charge on any atom is -0.0654 e. The van der Waals surface area contributed by atoms with Gasteiger partial charge in [0.2, 0.25) is 0 Å². The third kappa shape index (κ3) is 6.28. The maximum absolute atomic E-state index is 2.60. The van der Waals surface area contributed by atoms with Crippen molar-refractivity contribution >= 4 is 0 Å². The molecule has 0 radical (unpaired) electrons. The highest BCUT2D eigenvalue weighted by Gasteiger charge is 2.39. The van der Waals surface area contributed by atoms with Gasteiger partial charge in [-0.05, 0) is 78.4 Å². The zero-order valence-electron chi connectivity index (χ0n) is 19.3. The minimum atomic E-state index is 0.792. The molecule has 1 aliphatic carbocycles. The molecule has 0 amide bonds. The molecule has 6 unspecified atom stereocenters. The van der Waals surface area contributed by atoms with E-state index in [1.54, 1.807) is 0 Å². The normalized spacial score (nSPS) is 28.3. The molecule has 0 aromatic rings. The van der Waals surface area contributed by atoms with Crippen LogP contribution in [-0.4, -0.2) is 0 Å². The largest absolute Gasteiger partial charge is 0.0654 e. The van der Waals surface area contributed by atoms with Crippen molar-refractivity contribution in [1.82, 2.24) is 0 Å². The molecule has 1 saturated carbocycles. The fraction of sp³-hybridized carbons (Fsp3) is 1.00. The van der Waals surface area contributed by atoms with E-state index in [4.69, 9.17) is 0 Å². The molecule has 0 heterocycles. The smallest absolute Gasteiger partial charge is 0.0329 e. The van der Waals surface area contributed by atoms with Crippen molar-refractivity contribution in [2.45, 2.75) is 101 Å². The van der Waals surface area contributed by atoms with Crippen LogP contribution in [0.15, 0.2) is 0 Å². The van der Waals surface area contributed by atoms with Gasteiger partial charge in [-0.25, -0.2) is 0 Å². The summed E-state index contributed by atoms with van der Waals surface area (Å²) in [7, 11) is 0. The standard InChI is InChI=1S/C25H50/c1-11-12-19(7)25(24(17(4)5)22(10)16(2)3)21(9)15-20(8)23-13-18(6)14-23/h16-25H,11-15H2,1-10H3. The summed E-state index contributed by atoms with van der Waals surface area (Å²) in [5.41, 5.74) is 0. The molecule has 0 aromatic carbocycles. The monoisotopic (exact) mass is 350 g/mol. The predicted octanol–water partition coefficient (Wildman–Crippen LogP) is 8.31. The van der Waals surface area contributed by atoms with Crippen molar-refractivity contribution in [3.05, 3.63) is 0 Å². The van der Waals surface area contributed by atoms with Crippen LogP contribution >= 0.6 is 0 Å². The Morgan fingerprint density at radius 1 is 0.760 bits per heavy atom. The fourth-order valence-corrected chi connectivity index (χ4v) is 6.18. The summed E-state index contributed by atoms with van der Waals surface area (Å²) in [4.78, 5) is 0. The van der Waals surface area contributed by atoms with Gasteiger partial charge in [-0.1, -0.05) is 82.1 Å². The zero-order valence-corrected chi connectivity index (χ0v) is 19.3. The van der Waals surface area contributed by atoms with Gasteiger partial charge in [0.25, 0.3) is 0 Å². The maximum atomic E-state index is 2.60. The summed E-state index contributed by atoms with van der Waals surface area (Å²) in [5.74, 6) is 8.81. The summed E-state index contributed by atoms with van der Waals surface area (Å²) < 4.78 is 0. The summed E-state index contributed by atoms with van der Waals surface area (Å²) in [6.45, 7) is 24.9. The van der Waals surface area contributed by atoms with Crippen LogP contribution in [-0.2, 0) is 0 Å². The highest BCUT2D eigenvalue weighted by molar-refractivity contribution is 4.88. The van der Waals surface area contributed by atoms with E-state index < -0.39 is 0 Å². The van der Waals surface area contributed by atoms with Gasteiger partial charge in [-0.2, -0.15) is 0 Å². The van der Waals surface area contributed by atoms with E-state index in [0.717, 1.165) is 59.2 Å². The van der Waals surface area contributed by atoms with Gasteiger partial charge < -0.3 is 0 Å². The van der Waals surface area contributed by atoms with Gasteiger partial charge in [0.1, 0.15) is 0 Å². The first-order chi connectivity index (χ1) is 11.6. The van der Waals surface area contributed by atoms with Gasteiger partial charge in [0, 0.05) is 0 Å². The van der Waals surface area contributed by atoms with E-state index in [1.807, 2.05) is 0 Å². The van der Waals surface area contributed by atoms with Gasteiger partial charge in [-0.15, -0.1) is 0 Å². The highest BCUT2D eigenvalue weighted by atomic mass is 14.4. The van der Waals surface area contributed by atoms with E-state index in [0.29, 0.717) is 0 Å². The van der Waals surface area contributed by atoms with E-state index >= 15 is 0 Å². The summed E-state index contributed by atoms with van der Waals surface area (Å²) in [6.07, 6.45) is 7.15. The molecule has 0 heteroatoms. The molecular weight excluding hydrogens is 300 g/mol. The lowest BCUT2D eigenvalue weighted by Gasteiger charge is -2.45. The van der Waals surface area contributed by atoms with Gasteiger partial charge in [0.15, 0.2) is 0 Å². The Morgan fingerprint density at radius 3 is 1.72 bits per heavy atom. The third-order valence-corrected chi connectivity index (χ3v) is 7.89. The average molecular weight is 351 g/mol. The van der Waals surface area contributed by atoms with Crippen molar-refractivity contribution in [1.29, 1.82) is 0 Å². The molecule has 0 spiro atoms. The molecule has 0 bridgehead atoms. The van der Waals surface area contributed by atoms with E-state index in [9.17, 15) is 0 Å². The lowest BCUT2D eigenvalue weighted by atomic mass is 9.60. The van der Waals surface area contributed by atoms with Crippen LogP contribution in [0.4, 0.5) is 0 Å². The number of hydrogen-bond donors (Lipinski definition) is 0. The number of hydrogen-bond acceptors (Lipinski definition) is 0. The molecule has 0 saturated heterocycles. The third-order valence-electron chi connectivity index (χ3n) is 7.89. The second kappa shape index (κ2) is 10.4. The second-order valence-electron chi connectivity index (χ2n) is 10.8. The predicted molar refractivity (Wildman–Crippen MR) is 115 cm³/mol. The van der Waals surface area contributed by atoms with E-state index in [1.165, 1.54) is 32.1 Å².